The Hall–Kier alpha value is -0.460. The molecule has 0 N–H and O–H groups in total. The fourth-order valence-corrected chi connectivity index (χ4v) is 2.47. The van der Waals surface area contributed by atoms with Crippen molar-refractivity contribution in [1.29, 1.82) is 0 Å². The van der Waals surface area contributed by atoms with E-state index in [-0.39, 0.29) is 0 Å². The van der Waals surface area contributed by atoms with Crippen LogP contribution >= 0.6 is 47.8 Å². The van der Waals surface area contributed by atoms with Crippen LogP contribution < -0.4 is 4.74 Å². The minimum Gasteiger partial charge on any atom is -0.437 e. The molecule has 0 aliphatic carbocycles. The van der Waals surface area contributed by atoms with Gasteiger partial charge in [-0.05, 0) is 50.1 Å². The highest BCUT2D eigenvalue weighted by Gasteiger charge is 2.07. The second-order valence-corrected chi connectivity index (χ2v) is 5.48. The molecule has 82 valence electrons. The average Bonchev–Trinajstić information content (AvgIpc) is 2.25. The van der Waals surface area contributed by atoms with Crippen molar-refractivity contribution < 1.29 is 4.74 Å². The Labute approximate surface area is 118 Å². The maximum Gasteiger partial charge on any atom is 0.236 e. The molecule has 3 nitrogen and oxygen atoms in total. The Morgan fingerprint density at radius 2 is 1.88 bits per heavy atom. The predicted molar refractivity (Wildman–Crippen MR) is 71.6 cm³/mol. The first kappa shape index (κ1) is 12.0. The van der Waals surface area contributed by atoms with Crippen LogP contribution in [0.25, 0.3) is 0 Å². The zero-order chi connectivity index (χ0) is 11.5. The highest BCUT2D eigenvalue weighted by molar-refractivity contribution is 9.11. The largest absolute Gasteiger partial charge is 0.437 e. The van der Waals surface area contributed by atoms with Gasteiger partial charge in [0.15, 0.2) is 0 Å². The second kappa shape index (κ2) is 5.25. The molecule has 6 heteroatoms. The zero-order valence-electron chi connectivity index (χ0n) is 7.82. The summed E-state index contributed by atoms with van der Waals surface area (Å²) in [7, 11) is 0. The van der Waals surface area contributed by atoms with E-state index in [2.05, 4.69) is 57.8 Å². The lowest BCUT2D eigenvalue weighted by molar-refractivity contribution is 0.455. The summed E-state index contributed by atoms with van der Waals surface area (Å²) in [5.41, 5.74) is 0. The number of hydrogen-bond acceptors (Lipinski definition) is 3. The molecule has 0 spiro atoms. The van der Waals surface area contributed by atoms with E-state index in [1.54, 1.807) is 6.20 Å². The molecule has 16 heavy (non-hydrogen) atoms. The summed E-state index contributed by atoms with van der Waals surface area (Å²) >= 11 is 10.1. The monoisotopic (exact) mass is 406 g/mol. The summed E-state index contributed by atoms with van der Waals surface area (Å²) in [5.74, 6) is 1.18. The third kappa shape index (κ3) is 2.81. The number of hydrogen-bond donors (Lipinski definition) is 0. The highest BCUT2D eigenvalue weighted by Crippen LogP contribution is 2.33. The first-order chi connectivity index (χ1) is 7.66. The van der Waals surface area contributed by atoms with E-state index in [1.165, 1.54) is 6.33 Å². The minimum absolute atomic E-state index is 0.484. The van der Waals surface area contributed by atoms with E-state index < -0.39 is 0 Å². The molecule has 1 aromatic carbocycles. The van der Waals surface area contributed by atoms with Crippen molar-refractivity contribution >= 4 is 47.8 Å². The summed E-state index contributed by atoms with van der Waals surface area (Å²) in [6.07, 6.45) is 3.07. The molecule has 0 bridgehead atoms. The third-order valence-corrected chi connectivity index (χ3v) is 3.39. The standard InChI is InChI=1S/C10H5Br3N2O/c11-6-1-2-9(7(12)3-6)16-10-8(13)4-14-5-15-10/h1-5H. The van der Waals surface area contributed by atoms with Crippen LogP contribution in [0.5, 0.6) is 11.6 Å². The minimum atomic E-state index is 0.484. The van der Waals surface area contributed by atoms with E-state index >= 15 is 0 Å². The maximum absolute atomic E-state index is 5.63. The van der Waals surface area contributed by atoms with E-state index in [0.29, 0.717) is 16.1 Å². The molecule has 1 aromatic heterocycles. The van der Waals surface area contributed by atoms with Gasteiger partial charge in [-0.3, -0.25) is 0 Å². The number of benzene rings is 1. The molecule has 0 amide bonds. The Morgan fingerprint density at radius 3 is 2.56 bits per heavy atom. The fraction of sp³-hybridized carbons (Fsp3) is 0. The van der Waals surface area contributed by atoms with Crippen LogP contribution in [-0.2, 0) is 0 Å². The number of halogens is 3. The van der Waals surface area contributed by atoms with Crippen molar-refractivity contribution in [2.45, 2.75) is 0 Å². The van der Waals surface area contributed by atoms with Crippen molar-refractivity contribution in [3.05, 3.63) is 44.1 Å². The van der Waals surface area contributed by atoms with Crippen LogP contribution in [0.3, 0.4) is 0 Å². The summed E-state index contributed by atoms with van der Waals surface area (Å²) in [5, 5.41) is 0. The summed E-state index contributed by atoms with van der Waals surface area (Å²) in [6, 6.07) is 5.66. The molecule has 2 rings (SSSR count). The summed E-state index contributed by atoms with van der Waals surface area (Å²) < 4.78 is 8.18. The van der Waals surface area contributed by atoms with Gasteiger partial charge in [-0.15, -0.1) is 0 Å². The van der Waals surface area contributed by atoms with E-state index in [4.69, 9.17) is 4.74 Å². The Bertz CT molecular complexity index is 519. The third-order valence-electron chi connectivity index (χ3n) is 1.73. The van der Waals surface area contributed by atoms with Crippen LogP contribution in [0.4, 0.5) is 0 Å². The Balaban J connectivity index is 2.31. The molecule has 0 aliphatic rings. The molecular weight excluding hydrogens is 404 g/mol. The molecule has 0 fully saturated rings. The zero-order valence-corrected chi connectivity index (χ0v) is 12.6. The van der Waals surface area contributed by atoms with Crippen molar-refractivity contribution in [2.75, 3.05) is 0 Å². The van der Waals surface area contributed by atoms with Crippen molar-refractivity contribution in [3.63, 3.8) is 0 Å². The molecule has 2 aromatic rings. The van der Waals surface area contributed by atoms with Crippen LogP contribution in [0, 0.1) is 0 Å². The molecular formula is C10H5Br3N2O. The van der Waals surface area contributed by atoms with Gasteiger partial charge in [0.25, 0.3) is 0 Å². The summed E-state index contributed by atoms with van der Waals surface area (Å²) in [6.45, 7) is 0. The Kier molecular flexibility index (Phi) is 3.94. The molecule has 0 saturated carbocycles. The first-order valence-corrected chi connectivity index (χ1v) is 6.63. The van der Waals surface area contributed by atoms with Crippen molar-refractivity contribution in [1.82, 2.24) is 9.97 Å². The quantitative estimate of drug-likeness (QED) is 0.730. The number of nitrogens with zero attached hydrogens (tertiary/aromatic N) is 2. The van der Waals surface area contributed by atoms with Gasteiger partial charge in [0, 0.05) is 10.7 Å². The fourth-order valence-electron chi connectivity index (χ4n) is 1.04. The van der Waals surface area contributed by atoms with Gasteiger partial charge in [-0.25, -0.2) is 9.97 Å². The van der Waals surface area contributed by atoms with Crippen LogP contribution in [-0.4, -0.2) is 9.97 Å². The van der Waals surface area contributed by atoms with Gasteiger partial charge < -0.3 is 4.74 Å². The summed E-state index contributed by atoms with van der Waals surface area (Å²) in [4.78, 5) is 7.89. The van der Waals surface area contributed by atoms with Gasteiger partial charge in [0.05, 0.1) is 8.95 Å². The Morgan fingerprint density at radius 1 is 1.06 bits per heavy atom. The molecule has 0 aliphatic heterocycles. The van der Waals surface area contributed by atoms with E-state index in [1.807, 2.05) is 18.2 Å². The topological polar surface area (TPSA) is 35.0 Å². The van der Waals surface area contributed by atoms with Gasteiger partial charge in [0.2, 0.25) is 5.88 Å². The van der Waals surface area contributed by atoms with Gasteiger partial charge in [-0.1, -0.05) is 15.9 Å². The lowest BCUT2D eigenvalue weighted by atomic mass is 10.3. The lowest BCUT2D eigenvalue weighted by Crippen LogP contribution is -1.90. The normalized spacial score (nSPS) is 10.2. The number of ether oxygens (including phenoxy) is 1. The smallest absolute Gasteiger partial charge is 0.236 e. The second-order valence-electron chi connectivity index (χ2n) is 2.85. The van der Waals surface area contributed by atoms with Crippen LogP contribution in [0.2, 0.25) is 0 Å². The average molecular weight is 409 g/mol. The molecule has 0 atom stereocenters. The van der Waals surface area contributed by atoms with Gasteiger partial charge in [0.1, 0.15) is 12.1 Å². The van der Waals surface area contributed by atoms with Crippen LogP contribution in [0.1, 0.15) is 0 Å². The molecule has 0 unspecified atom stereocenters. The van der Waals surface area contributed by atoms with E-state index in [0.717, 1.165) is 8.95 Å². The van der Waals surface area contributed by atoms with E-state index in [9.17, 15) is 0 Å². The predicted octanol–water partition coefficient (Wildman–Crippen LogP) is 4.56. The maximum atomic E-state index is 5.63. The molecule has 0 saturated heterocycles. The van der Waals surface area contributed by atoms with Crippen molar-refractivity contribution in [3.8, 4) is 11.6 Å². The molecule has 0 radical (unpaired) electrons. The highest BCUT2D eigenvalue weighted by atomic mass is 79.9. The molecule has 1 heterocycles. The van der Waals surface area contributed by atoms with Crippen molar-refractivity contribution in [2.24, 2.45) is 0 Å². The lowest BCUT2D eigenvalue weighted by Gasteiger charge is -2.07. The van der Waals surface area contributed by atoms with Gasteiger partial charge in [-0.2, -0.15) is 0 Å². The SMILES string of the molecule is Brc1ccc(Oc2ncncc2Br)c(Br)c1. The van der Waals surface area contributed by atoms with Gasteiger partial charge >= 0.3 is 0 Å². The number of rotatable bonds is 2. The van der Waals surface area contributed by atoms with Crippen LogP contribution in [0.15, 0.2) is 44.1 Å². The first-order valence-electron chi connectivity index (χ1n) is 4.25. The number of aromatic nitrogens is 2.